The molecule has 0 bridgehead atoms. The normalized spacial score (nSPS) is 10.5. The fourth-order valence-electron chi connectivity index (χ4n) is 1.55. The van der Waals surface area contributed by atoms with E-state index in [0.29, 0.717) is 37.4 Å². The lowest BCUT2D eigenvalue weighted by Crippen LogP contribution is -2.24. The maximum Gasteiger partial charge on any atom is 0.332 e. The summed E-state index contributed by atoms with van der Waals surface area (Å²) in [4.78, 5) is 21.8. The van der Waals surface area contributed by atoms with E-state index in [9.17, 15) is 9.59 Å². The number of carbonyl (C=O) groups is 2. The number of halogens is 1. The lowest BCUT2D eigenvalue weighted by atomic mass is 10.2. The molecule has 1 aromatic carbocycles. The van der Waals surface area contributed by atoms with E-state index in [1.54, 1.807) is 19.1 Å². The number of hydrogen-bond acceptors (Lipinski definition) is 5. The summed E-state index contributed by atoms with van der Waals surface area (Å²) in [5.41, 5.74) is 7.71. The van der Waals surface area contributed by atoms with Crippen molar-refractivity contribution in [1.29, 1.82) is 0 Å². The zero-order valence-corrected chi connectivity index (χ0v) is 13.8. The van der Waals surface area contributed by atoms with Gasteiger partial charge in [0.05, 0.1) is 19.4 Å². The van der Waals surface area contributed by atoms with Crippen LogP contribution >= 0.6 is 15.9 Å². The third-order valence-corrected chi connectivity index (χ3v) is 2.93. The minimum absolute atomic E-state index is 0.241. The number of nitrogens with zero attached hydrogens (tertiary/aromatic N) is 1. The minimum Gasteiger partial charge on any atom is -0.493 e. The molecule has 0 aliphatic rings. The van der Waals surface area contributed by atoms with Crippen LogP contribution in [0.2, 0.25) is 0 Å². The maximum atomic E-state index is 11.2. The summed E-state index contributed by atoms with van der Waals surface area (Å²) in [7, 11) is 0. The molecular formula is C14H18BrN3O4. The topological polar surface area (TPSA) is 103 Å². The van der Waals surface area contributed by atoms with Gasteiger partial charge in [0.1, 0.15) is 5.75 Å². The van der Waals surface area contributed by atoms with Gasteiger partial charge in [0.15, 0.2) is 0 Å². The molecule has 0 saturated carbocycles. The summed E-state index contributed by atoms with van der Waals surface area (Å²) < 4.78 is 11.3. The van der Waals surface area contributed by atoms with Gasteiger partial charge < -0.3 is 15.2 Å². The van der Waals surface area contributed by atoms with Gasteiger partial charge in [0.25, 0.3) is 0 Å². The van der Waals surface area contributed by atoms with Crippen LogP contribution in [0.15, 0.2) is 27.8 Å². The van der Waals surface area contributed by atoms with Crippen molar-refractivity contribution in [3.63, 3.8) is 0 Å². The van der Waals surface area contributed by atoms with Crippen LogP contribution in [0.1, 0.15) is 25.3 Å². The SMILES string of the molecule is CCOC(=O)CCCOc1ccc(Br)cc1C=NNC(N)=O. The van der Waals surface area contributed by atoms with Crippen molar-refractivity contribution in [2.45, 2.75) is 19.8 Å². The molecule has 7 nitrogen and oxygen atoms in total. The van der Waals surface area contributed by atoms with Gasteiger partial charge in [-0.2, -0.15) is 5.10 Å². The largest absolute Gasteiger partial charge is 0.493 e. The Balaban J connectivity index is 2.56. The second-order valence-corrected chi connectivity index (χ2v) is 5.09. The van der Waals surface area contributed by atoms with E-state index in [1.807, 2.05) is 6.07 Å². The number of rotatable bonds is 8. The third-order valence-electron chi connectivity index (χ3n) is 2.44. The summed E-state index contributed by atoms with van der Waals surface area (Å²) in [5.74, 6) is 0.344. The molecule has 120 valence electrons. The molecule has 0 aromatic heterocycles. The number of hydrogen-bond donors (Lipinski definition) is 2. The average Bonchev–Trinajstić information content (AvgIpc) is 2.45. The fourth-order valence-corrected chi connectivity index (χ4v) is 1.93. The highest BCUT2D eigenvalue weighted by atomic mass is 79.9. The molecule has 0 atom stereocenters. The van der Waals surface area contributed by atoms with Gasteiger partial charge in [-0.25, -0.2) is 10.2 Å². The van der Waals surface area contributed by atoms with Crippen LogP contribution in [0.4, 0.5) is 4.79 Å². The molecular weight excluding hydrogens is 354 g/mol. The molecule has 0 fully saturated rings. The Morgan fingerprint density at radius 2 is 2.23 bits per heavy atom. The van der Waals surface area contributed by atoms with Crippen LogP contribution in [0, 0.1) is 0 Å². The molecule has 0 heterocycles. The first-order chi connectivity index (χ1) is 10.5. The third kappa shape index (κ3) is 7.07. The molecule has 0 radical (unpaired) electrons. The lowest BCUT2D eigenvalue weighted by molar-refractivity contribution is -0.143. The zero-order valence-electron chi connectivity index (χ0n) is 12.2. The molecule has 0 aliphatic heterocycles. The highest BCUT2D eigenvalue weighted by molar-refractivity contribution is 9.10. The maximum absolute atomic E-state index is 11.2. The molecule has 0 saturated heterocycles. The van der Waals surface area contributed by atoms with Gasteiger partial charge in [-0.1, -0.05) is 15.9 Å². The van der Waals surface area contributed by atoms with Gasteiger partial charge in [0, 0.05) is 16.5 Å². The van der Waals surface area contributed by atoms with Crippen molar-refractivity contribution in [2.24, 2.45) is 10.8 Å². The summed E-state index contributed by atoms with van der Waals surface area (Å²) >= 11 is 3.34. The quantitative estimate of drug-likeness (QED) is 0.316. The number of hydrazone groups is 1. The number of urea groups is 1. The predicted molar refractivity (Wildman–Crippen MR) is 85.8 cm³/mol. The average molecular weight is 372 g/mol. The number of carbonyl (C=O) groups excluding carboxylic acids is 2. The van der Waals surface area contributed by atoms with Crippen LogP contribution in [-0.2, 0) is 9.53 Å². The molecule has 2 amide bonds. The van der Waals surface area contributed by atoms with E-state index < -0.39 is 6.03 Å². The molecule has 0 aliphatic carbocycles. The Morgan fingerprint density at radius 3 is 2.91 bits per heavy atom. The lowest BCUT2D eigenvalue weighted by Gasteiger charge is -2.09. The standard InChI is InChI=1S/C14H18BrN3O4/c1-2-21-13(19)4-3-7-22-12-6-5-11(15)8-10(12)9-17-18-14(16)20/h5-6,8-9H,2-4,7H2,1H3,(H3,16,18,20). The second kappa shape index (κ2) is 9.78. The van der Waals surface area contributed by atoms with Gasteiger partial charge in [-0.15, -0.1) is 0 Å². The number of amides is 2. The van der Waals surface area contributed by atoms with E-state index in [1.165, 1.54) is 6.21 Å². The number of benzene rings is 1. The zero-order chi connectivity index (χ0) is 16.4. The number of ether oxygens (including phenoxy) is 2. The first-order valence-electron chi connectivity index (χ1n) is 6.69. The van der Waals surface area contributed by atoms with Gasteiger partial charge in [-0.3, -0.25) is 4.79 Å². The smallest absolute Gasteiger partial charge is 0.332 e. The van der Waals surface area contributed by atoms with E-state index in [0.717, 1.165) is 4.47 Å². The summed E-state index contributed by atoms with van der Waals surface area (Å²) in [5, 5.41) is 3.70. The predicted octanol–water partition coefficient (Wildman–Crippen LogP) is 2.17. The number of esters is 1. The minimum atomic E-state index is -0.747. The van der Waals surface area contributed by atoms with Crippen molar-refractivity contribution in [1.82, 2.24) is 5.43 Å². The number of primary amides is 1. The van der Waals surface area contributed by atoms with Crippen LogP contribution in [0.25, 0.3) is 0 Å². The molecule has 1 aromatic rings. The molecule has 1 rings (SSSR count). The van der Waals surface area contributed by atoms with Crippen molar-refractivity contribution in [3.8, 4) is 5.75 Å². The van der Waals surface area contributed by atoms with Crippen molar-refractivity contribution < 1.29 is 19.1 Å². The first-order valence-corrected chi connectivity index (χ1v) is 7.48. The van der Waals surface area contributed by atoms with E-state index >= 15 is 0 Å². The summed E-state index contributed by atoms with van der Waals surface area (Å²) in [6, 6.07) is 4.62. The Morgan fingerprint density at radius 1 is 1.45 bits per heavy atom. The highest BCUT2D eigenvalue weighted by Crippen LogP contribution is 2.22. The fraction of sp³-hybridized carbons (Fsp3) is 0.357. The van der Waals surface area contributed by atoms with Crippen LogP contribution in [0.3, 0.4) is 0 Å². The van der Waals surface area contributed by atoms with Gasteiger partial charge >= 0.3 is 12.0 Å². The Bertz CT molecular complexity index is 549. The van der Waals surface area contributed by atoms with E-state index in [-0.39, 0.29) is 5.97 Å². The number of nitrogens with one attached hydrogen (secondary N) is 1. The molecule has 0 spiro atoms. The molecule has 22 heavy (non-hydrogen) atoms. The van der Waals surface area contributed by atoms with Crippen molar-refractivity contribution >= 4 is 34.1 Å². The van der Waals surface area contributed by atoms with E-state index in [4.69, 9.17) is 15.2 Å². The van der Waals surface area contributed by atoms with Crippen LogP contribution in [0.5, 0.6) is 5.75 Å². The van der Waals surface area contributed by atoms with Crippen molar-refractivity contribution in [3.05, 3.63) is 28.2 Å². The molecule has 3 N–H and O–H groups in total. The second-order valence-electron chi connectivity index (χ2n) is 4.17. The Hall–Kier alpha value is -2.09. The van der Waals surface area contributed by atoms with Crippen LogP contribution in [-0.4, -0.2) is 31.4 Å². The molecule has 8 heteroatoms. The Kier molecular flexibility index (Phi) is 7.98. The first kappa shape index (κ1) is 18.0. The van der Waals surface area contributed by atoms with Crippen molar-refractivity contribution in [2.75, 3.05) is 13.2 Å². The monoisotopic (exact) mass is 371 g/mol. The van der Waals surface area contributed by atoms with E-state index in [2.05, 4.69) is 26.5 Å². The van der Waals surface area contributed by atoms with Crippen LogP contribution < -0.4 is 15.9 Å². The van der Waals surface area contributed by atoms with Gasteiger partial charge in [0.2, 0.25) is 0 Å². The molecule has 0 unspecified atom stereocenters. The van der Waals surface area contributed by atoms with Gasteiger partial charge in [-0.05, 0) is 31.5 Å². The number of nitrogens with two attached hydrogens (primary N) is 1. The Labute approximate surface area is 137 Å². The summed E-state index contributed by atoms with van der Waals surface area (Å²) in [6.07, 6.45) is 2.28. The highest BCUT2D eigenvalue weighted by Gasteiger charge is 2.05. The summed E-state index contributed by atoms with van der Waals surface area (Å²) in [6.45, 7) is 2.51.